The Kier molecular flexibility index (Phi) is 3.88. The molecule has 0 aliphatic rings. The average Bonchev–Trinajstić information content (AvgIpc) is 2.94. The van der Waals surface area contributed by atoms with Crippen molar-refractivity contribution in [3.8, 4) is 22.8 Å². The molecule has 1 heterocycles. The fraction of sp³-hybridized carbons (Fsp3) is 0.308. The van der Waals surface area contributed by atoms with Gasteiger partial charge in [-0.15, -0.1) is 5.10 Å². The summed E-state index contributed by atoms with van der Waals surface area (Å²) >= 11 is 0. The van der Waals surface area contributed by atoms with E-state index < -0.39 is 12.0 Å². The molecule has 7 heteroatoms. The maximum absolute atomic E-state index is 11.1. The lowest BCUT2D eigenvalue weighted by atomic mass is 10.1. The number of carboxylic acid groups (broad SMARTS) is 1. The highest BCUT2D eigenvalue weighted by molar-refractivity contribution is 5.74. The molecule has 0 saturated carbocycles. The van der Waals surface area contributed by atoms with Gasteiger partial charge in [0.2, 0.25) is 0 Å². The molecule has 106 valence electrons. The van der Waals surface area contributed by atoms with E-state index in [1.54, 1.807) is 25.3 Å². The number of hydrogen-bond acceptors (Lipinski definition) is 5. The Hall–Kier alpha value is -2.57. The zero-order valence-electron chi connectivity index (χ0n) is 11.4. The van der Waals surface area contributed by atoms with E-state index in [9.17, 15) is 4.79 Å². The first kappa shape index (κ1) is 13.9. The highest BCUT2D eigenvalue weighted by Gasteiger charge is 2.21. The molecule has 1 N–H and O–H groups in total. The molecule has 0 saturated heterocycles. The highest BCUT2D eigenvalue weighted by Crippen LogP contribution is 2.33. The van der Waals surface area contributed by atoms with Crippen molar-refractivity contribution in [1.82, 2.24) is 15.0 Å². The van der Waals surface area contributed by atoms with Crippen LogP contribution in [-0.2, 0) is 4.79 Å². The summed E-state index contributed by atoms with van der Waals surface area (Å²) in [6.07, 6.45) is 1.50. The van der Waals surface area contributed by atoms with Gasteiger partial charge in [-0.1, -0.05) is 5.21 Å². The van der Waals surface area contributed by atoms with E-state index in [-0.39, 0.29) is 0 Å². The van der Waals surface area contributed by atoms with E-state index in [0.29, 0.717) is 22.8 Å². The van der Waals surface area contributed by atoms with Crippen LogP contribution in [-0.4, -0.2) is 40.3 Å². The molecule has 1 aromatic heterocycles. The second-order valence-electron chi connectivity index (χ2n) is 4.14. The van der Waals surface area contributed by atoms with Gasteiger partial charge in [0.1, 0.15) is 17.5 Å². The van der Waals surface area contributed by atoms with Gasteiger partial charge < -0.3 is 14.6 Å². The number of ether oxygens (including phenoxy) is 2. The van der Waals surface area contributed by atoms with Gasteiger partial charge in [0, 0.05) is 11.6 Å². The first-order chi connectivity index (χ1) is 9.58. The van der Waals surface area contributed by atoms with Crippen LogP contribution in [0.15, 0.2) is 24.4 Å². The highest BCUT2D eigenvalue weighted by atomic mass is 16.5. The molecule has 1 atom stereocenters. The average molecular weight is 277 g/mol. The molecule has 0 spiro atoms. The smallest absolute Gasteiger partial charge is 0.328 e. The second-order valence-corrected chi connectivity index (χ2v) is 4.14. The zero-order valence-corrected chi connectivity index (χ0v) is 11.4. The predicted octanol–water partition coefficient (Wildman–Crippen LogP) is 1.61. The third kappa shape index (κ3) is 2.42. The number of methoxy groups -OCH3 is 2. The van der Waals surface area contributed by atoms with Gasteiger partial charge in [-0.25, -0.2) is 9.48 Å². The zero-order chi connectivity index (χ0) is 14.7. The van der Waals surface area contributed by atoms with Crippen LogP contribution in [0.4, 0.5) is 0 Å². The van der Waals surface area contributed by atoms with E-state index in [0.717, 1.165) is 0 Å². The molecule has 0 aliphatic carbocycles. The van der Waals surface area contributed by atoms with E-state index >= 15 is 0 Å². The first-order valence-electron chi connectivity index (χ1n) is 5.94. The standard InChI is InChI=1S/C13H15N3O4/c1-8(13(17)18)16-11(7-14-15-16)10-5-4-9(19-2)6-12(10)20-3/h4-8H,1-3H3,(H,17,18). The van der Waals surface area contributed by atoms with Gasteiger partial charge in [0.25, 0.3) is 0 Å². The van der Waals surface area contributed by atoms with Crippen molar-refractivity contribution in [2.75, 3.05) is 14.2 Å². The van der Waals surface area contributed by atoms with Crippen LogP contribution in [0.2, 0.25) is 0 Å². The Morgan fingerprint density at radius 2 is 2.10 bits per heavy atom. The number of hydrogen-bond donors (Lipinski definition) is 1. The van der Waals surface area contributed by atoms with Crippen molar-refractivity contribution >= 4 is 5.97 Å². The third-order valence-electron chi connectivity index (χ3n) is 2.98. The molecular formula is C13H15N3O4. The minimum Gasteiger partial charge on any atom is -0.497 e. The molecule has 7 nitrogen and oxygen atoms in total. The molecule has 0 fully saturated rings. The summed E-state index contributed by atoms with van der Waals surface area (Å²) in [5.41, 5.74) is 1.27. The van der Waals surface area contributed by atoms with Crippen LogP contribution < -0.4 is 9.47 Å². The SMILES string of the molecule is COc1ccc(-c2cnnn2C(C)C(=O)O)c(OC)c1. The summed E-state index contributed by atoms with van der Waals surface area (Å²) in [7, 11) is 3.10. The maximum atomic E-state index is 11.1. The molecule has 1 aromatic carbocycles. The first-order valence-corrected chi connectivity index (χ1v) is 5.94. The summed E-state index contributed by atoms with van der Waals surface area (Å²) in [6, 6.07) is 4.44. The molecule has 20 heavy (non-hydrogen) atoms. The monoisotopic (exact) mass is 277 g/mol. The van der Waals surface area contributed by atoms with Crippen LogP contribution in [0.3, 0.4) is 0 Å². The van der Waals surface area contributed by atoms with Gasteiger partial charge in [-0.2, -0.15) is 0 Å². The normalized spacial score (nSPS) is 11.9. The van der Waals surface area contributed by atoms with Crippen molar-refractivity contribution < 1.29 is 19.4 Å². The summed E-state index contributed by atoms with van der Waals surface area (Å²) in [4.78, 5) is 11.1. The van der Waals surface area contributed by atoms with Gasteiger partial charge in [0.05, 0.1) is 26.1 Å². The molecule has 2 rings (SSSR count). The Morgan fingerprint density at radius 1 is 1.35 bits per heavy atom. The summed E-state index contributed by atoms with van der Waals surface area (Å²) in [6.45, 7) is 1.54. The van der Waals surface area contributed by atoms with Gasteiger partial charge in [-0.3, -0.25) is 0 Å². The lowest BCUT2D eigenvalue weighted by Crippen LogP contribution is -2.18. The lowest BCUT2D eigenvalue weighted by molar-refractivity contribution is -0.140. The van der Waals surface area contributed by atoms with E-state index in [2.05, 4.69) is 10.3 Å². The van der Waals surface area contributed by atoms with Gasteiger partial charge >= 0.3 is 5.97 Å². The number of benzene rings is 1. The topological polar surface area (TPSA) is 86.5 Å². The van der Waals surface area contributed by atoms with Crippen molar-refractivity contribution in [3.05, 3.63) is 24.4 Å². The fourth-order valence-corrected chi connectivity index (χ4v) is 1.84. The Bertz CT molecular complexity index is 624. The summed E-state index contributed by atoms with van der Waals surface area (Å²) in [5.74, 6) is 0.227. The van der Waals surface area contributed by atoms with Crippen molar-refractivity contribution in [2.45, 2.75) is 13.0 Å². The van der Waals surface area contributed by atoms with E-state index in [4.69, 9.17) is 14.6 Å². The number of rotatable bonds is 5. The van der Waals surface area contributed by atoms with Crippen molar-refractivity contribution in [2.24, 2.45) is 0 Å². The van der Waals surface area contributed by atoms with Crippen LogP contribution in [0.5, 0.6) is 11.5 Å². The Balaban J connectivity index is 2.52. The number of aromatic nitrogens is 3. The number of nitrogens with zero attached hydrogens (tertiary/aromatic N) is 3. The van der Waals surface area contributed by atoms with Gasteiger partial charge in [-0.05, 0) is 19.1 Å². The fourth-order valence-electron chi connectivity index (χ4n) is 1.84. The quantitative estimate of drug-likeness (QED) is 0.893. The number of aliphatic carboxylic acids is 1. The van der Waals surface area contributed by atoms with Crippen molar-refractivity contribution in [1.29, 1.82) is 0 Å². The van der Waals surface area contributed by atoms with Crippen LogP contribution in [0, 0.1) is 0 Å². The molecule has 0 aliphatic heterocycles. The summed E-state index contributed by atoms with van der Waals surface area (Å²) < 4.78 is 11.8. The maximum Gasteiger partial charge on any atom is 0.328 e. The minimum absolute atomic E-state index is 0.561. The molecule has 0 amide bonds. The molecule has 1 unspecified atom stereocenters. The molecular weight excluding hydrogens is 262 g/mol. The van der Waals surface area contributed by atoms with Crippen LogP contribution >= 0.6 is 0 Å². The largest absolute Gasteiger partial charge is 0.497 e. The molecule has 2 aromatic rings. The predicted molar refractivity (Wildman–Crippen MR) is 70.9 cm³/mol. The minimum atomic E-state index is -0.982. The third-order valence-corrected chi connectivity index (χ3v) is 2.98. The van der Waals surface area contributed by atoms with Crippen LogP contribution in [0.1, 0.15) is 13.0 Å². The van der Waals surface area contributed by atoms with Crippen molar-refractivity contribution in [3.63, 3.8) is 0 Å². The second kappa shape index (κ2) is 5.60. The number of carbonyl (C=O) groups is 1. The summed E-state index contributed by atoms with van der Waals surface area (Å²) in [5, 5.41) is 16.7. The van der Waals surface area contributed by atoms with Gasteiger partial charge in [0.15, 0.2) is 0 Å². The lowest BCUT2D eigenvalue weighted by Gasteiger charge is -2.13. The number of carboxylic acids is 1. The van der Waals surface area contributed by atoms with E-state index in [1.807, 2.05) is 0 Å². The molecule has 0 bridgehead atoms. The van der Waals surface area contributed by atoms with E-state index in [1.165, 1.54) is 24.9 Å². The Morgan fingerprint density at radius 3 is 2.70 bits per heavy atom. The Labute approximate surface area is 115 Å². The molecule has 0 radical (unpaired) electrons. The van der Waals surface area contributed by atoms with Crippen LogP contribution in [0.25, 0.3) is 11.3 Å².